The normalized spacial score (nSPS) is 12.9. The molecule has 1 aliphatic heterocycles. The molecule has 0 bridgehead atoms. The molecule has 4 rings (SSSR count). The second-order valence-electron chi connectivity index (χ2n) is 5.75. The van der Waals surface area contributed by atoms with Gasteiger partial charge in [-0.1, -0.05) is 12.1 Å². The highest BCUT2D eigenvalue weighted by atomic mass is 32.1. The lowest BCUT2D eigenvalue weighted by Gasteiger charge is -2.12. The third-order valence-electron chi connectivity index (χ3n) is 3.98. The summed E-state index contributed by atoms with van der Waals surface area (Å²) in [6.45, 7) is -0.425. The number of imide groups is 1. The lowest BCUT2D eigenvalue weighted by atomic mass is 10.1. The largest absolute Gasteiger partial charge is 0.300 e. The number of fused-ring (bicyclic) bond motifs is 1. The molecule has 3 aromatic rings. The second kappa shape index (κ2) is 6.94. The van der Waals surface area contributed by atoms with Crippen LogP contribution in [0.3, 0.4) is 0 Å². The van der Waals surface area contributed by atoms with Crippen molar-refractivity contribution in [2.75, 3.05) is 11.9 Å². The van der Waals surface area contributed by atoms with E-state index < -0.39 is 29.2 Å². The van der Waals surface area contributed by atoms with Crippen LogP contribution < -0.4 is 5.32 Å². The smallest absolute Gasteiger partial charge is 0.280 e. The first-order valence-corrected chi connectivity index (χ1v) is 9.64. The van der Waals surface area contributed by atoms with Gasteiger partial charge in [0.1, 0.15) is 6.54 Å². The predicted molar refractivity (Wildman–Crippen MR) is 103 cm³/mol. The highest BCUT2D eigenvalue weighted by Crippen LogP contribution is 2.33. The molecule has 0 radical (unpaired) electrons. The molecular weight excluding hydrogens is 404 g/mol. The molecule has 1 aromatic carbocycles. The first-order valence-electron chi connectivity index (χ1n) is 7.88. The minimum absolute atomic E-state index is 0.0239. The SMILES string of the molecule is O=C(CN1C(=O)c2ccccc2C1=O)Nc1nc(-c2cc([N+](=O)[O-])cs2)cs1. The number of aromatic nitrogens is 1. The number of nitro groups is 1. The fraction of sp³-hybridized carbons (Fsp3) is 0.0588. The number of benzene rings is 1. The molecule has 3 amide bonds. The Labute approximate surface area is 165 Å². The van der Waals surface area contributed by atoms with Crippen LogP contribution in [0.15, 0.2) is 41.1 Å². The second-order valence-corrected chi connectivity index (χ2v) is 7.52. The van der Waals surface area contributed by atoms with Gasteiger partial charge in [0.15, 0.2) is 5.13 Å². The summed E-state index contributed by atoms with van der Waals surface area (Å²) in [5, 5.41) is 16.7. The summed E-state index contributed by atoms with van der Waals surface area (Å²) in [7, 11) is 0. The van der Waals surface area contributed by atoms with E-state index in [1.165, 1.54) is 22.8 Å². The number of carbonyl (C=O) groups excluding carboxylic acids is 3. The molecule has 0 fully saturated rings. The summed E-state index contributed by atoms with van der Waals surface area (Å²) in [6, 6.07) is 7.80. The number of nitrogens with zero attached hydrogens (tertiary/aromatic N) is 3. The van der Waals surface area contributed by atoms with Crippen molar-refractivity contribution in [1.29, 1.82) is 0 Å². The molecule has 140 valence electrons. The maximum absolute atomic E-state index is 12.3. The fourth-order valence-electron chi connectivity index (χ4n) is 2.69. The van der Waals surface area contributed by atoms with Crippen molar-refractivity contribution in [3.05, 3.63) is 62.3 Å². The maximum Gasteiger partial charge on any atom is 0.280 e. The number of carbonyl (C=O) groups is 3. The van der Waals surface area contributed by atoms with Crippen LogP contribution in [0.25, 0.3) is 10.6 Å². The number of hydrogen-bond donors (Lipinski definition) is 1. The van der Waals surface area contributed by atoms with Gasteiger partial charge in [-0.05, 0) is 12.1 Å². The van der Waals surface area contributed by atoms with Gasteiger partial charge in [-0.25, -0.2) is 4.98 Å². The Balaban J connectivity index is 1.44. The zero-order valence-electron chi connectivity index (χ0n) is 13.9. The molecule has 0 saturated carbocycles. The molecule has 9 nitrogen and oxygen atoms in total. The number of amides is 3. The highest BCUT2D eigenvalue weighted by Gasteiger charge is 2.36. The number of anilines is 1. The zero-order chi connectivity index (χ0) is 19.8. The van der Waals surface area contributed by atoms with Crippen molar-refractivity contribution in [2.45, 2.75) is 0 Å². The van der Waals surface area contributed by atoms with Crippen LogP contribution >= 0.6 is 22.7 Å². The third kappa shape index (κ3) is 3.17. The average molecular weight is 414 g/mol. The van der Waals surface area contributed by atoms with Crippen molar-refractivity contribution in [3.8, 4) is 10.6 Å². The van der Waals surface area contributed by atoms with E-state index in [2.05, 4.69) is 10.3 Å². The van der Waals surface area contributed by atoms with Gasteiger partial charge in [-0.2, -0.15) is 0 Å². The maximum atomic E-state index is 12.3. The summed E-state index contributed by atoms with van der Waals surface area (Å²) in [6.07, 6.45) is 0. The van der Waals surface area contributed by atoms with Crippen LogP contribution in [-0.2, 0) is 4.79 Å². The molecule has 0 spiro atoms. The molecule has 11 heteroatoms. The van der Waals surface area contributed by atoms with Crippen molar-refractivity contribution < 1.29 is 19.3 Å². The number of thiophene rings is 1. The molecule has 2 aromatic heterocycles. The Kier molecular flexibility index (Phi) is 4.45. The topological polar surface area (TPSA) is 123 Å². The third-order valence-corrected chi connectivity index (χ3v) is 5.68. The van der Waals surface area contributed by atoms with E-state index in [0.717, 1.165) is 16.2 Å². The molecule has 1 N–H and O–H groups in total. The lowest BCUT2D eigenvalue weighted by Crippen LogP contribution is -2.37. The Morgan fingerprint density at radius 3 is 2.43 bits per heavy atom. The number of rotatable bonds is 5. The summed E-state index contributed by atoms with van der Waals surface area (Å²) in [4.78, 5) is 52.9. The van der Waals surface area contributed by atoms with Gasteiger partial charge in [0.25, 0.3) is 17.5 Å². The molecule has 28 heavy (non-hydrogen) atoms. The van der Waals surface area contributed by atoms with Gasteiger partial charge in [0, 0.05) is 11.4 Å². The van der Waals surface area contributed by atoms with Crippen LogP contribution in [-0.4, -0.2) is 39.1 Å². The van der Waals surface area contributed by atoms with E-state index in [1.54, 1.807) is 29.6 Å². The fourth-order valence-corrected chi connectivity index (χ4v) is 4.30. The van der Waals surface area contributed by atoms with Crippen molar-refractivity contribution in [1.82, 2.24) is 9.88 Å². The number of hydrogen-bond acceptors (Lipinski definition) is 8. The summed E-state index contributed by atoms with van der Waals surface area (Å²) < 4.78 is 0. The minimum Gasteiger partial charge on any atom is -0.300 e. The highest BCUT2D eigenvalue weighted by molar-refractivity contribution is 7.16. The van der Waals surface area contributed by atoms with Gasteiger partial charge in [-0.3, -0.25) is 29.4 Å². The van der Waals surface area contributed by atoms with Gasteiger partial charge in [0.2, 0.25) is 5.91 Å². The van der Waals surface area contributed by atoms with Crippen molar-refractivity contribution >= 4 is 51.2 Å². The Bertz CT molecular complexity index is 1100. The van der Waals surface area contributed by atoms with Crippen LogP contribution in [0.2, 0.25) is 0 Å². The van der Waals surface area contributed by atoms with Gasteiger partial charge < -0.3 is 5.32 Å². The number of nitrogens with one attached hydrogen (secondary N) is 1. The molecular formula is C17H10N4O5S2. The summed E-state index contributed by atoms with van der Waals surface area (Å²) >= 11 is 2.32. The van der Waals surface area contributed by atoms with Crippen LogP contribution in [0.4, 0.5) is 10.8 Å². The first kappa shape index (κ1) is 17.9. The Morgan fingerprint density at radius 2 is 1.82 bits per heavy atom. The number of thiazole rings is 1. The van der Waals surface area contributed by atoms with E-state index in [-0.39, 0.29) is 21.9 Å². The zero-order valence-corrected chi connectivity index (χ0v) is 15.6. The monoisotopic (exact) mass is 414 g/mol. The van der Waals surface area contributed by atoms with E-state index >= 15 is 0 Å². The Hall–Kier alpha value is -3.44. The van der Waals surface area contributed by atoms with E-state index in [1.807, 2.05) is 0 Å². The average Bonchev–Trinajstić information content (AvgIpc) is 3.38. The van der Waals surface area contributed by atoms with Crippen LogP contribution in [0, 0.1) is 10.1 Å². The van der Waals surface area contributed by atoms with Crippen LogP contribution in [0.5, 0.6) is 0 Å². The molecule has 0 saturated heterocycles. The van der Waals surface area contributed by atoms with Crippen LogP contribution in [0.1, 0.15) is 20.7 Å². The summed E-state index contributed by atoms with van der Waals surface area (Å²) in [5.74, 6) is -1.59. The molecule has 0 atom stereocenters. The van der Waals surface area contributed by atoms with Gasteiger partial charge in [-0.15, -0.1) is 22.7 Å². The van der Waals surface area contributed by atoms with E-state index in [9.17, 15) is 24.5 Å². The van der Waals surface area contributed by atoms with Gasteiger partial charge in [0.05, 0.1) is 32.0 Å². The van der Waals surface area contributed by atoms with Crippen molar-refractivity contribution in [3.63, 3.8) is 0 Å². The standard InChI is InChI=1S/C17H10N4O5S2/c22-14(6-20-15(23)10-3-1-2-4-11(10)16(20)24)19-17-18-12(8-28-17)13-5-9(7-27-13)21(25)26/h1-5,7-8H,6H2,(H,18,19,22). The van der Waals surface area contributed by atoms with Crippen molar-refractivity contribution in [2.24, 2.45) is 0 Å². The van der Waals surface area contributed by atoms with E-state index in [4.69, 9.17) is 0 Å². The molecule has 3 heterocycles. The van der Waals surface area contributed by atoms with E-state index in [0.29, 0.717) is 10.6 Å². The first-order chi connectivity index (χ1) is 13.4. The lowest BCUT2D eigenvalue weighted by molar-refractivity contribution is -0.384. The Morgan fingerprint density at radius 1 is 1.14 bits per heavy atom. The predicted octanol–water partition coefficient (Wildman–Crippen LogP) is 3.01. The molecule has 0 unspecified atom stereocenters. The summed E-state index contributed by atoms with van der Waals surface area (Å²) in [5.41, 5.74) is 1.02. The molecule has 1 aliphatic rings. The quantitative estimate of drug-likeness (QED) is 0.389. The molecule has 0 aliphatic carbocycles. The van der Waals surface area contributed by atoms with Gasteiger partial charge >= 0.3 is 0 Å². The minimum atomic E-state index is -0.562.